The molecule has 0 aliphatic carbocycles. The van der Waals surface area contributed by atoms with Crippen molar-refractivity contribution in [1.82, 2.24) is 10.2 Å². The molecule has 2 atom stereocenters. The SMILES string of the molecule is CCC(C(=O)N1CCC(NC(=O)[C@H](C)N)CC1)c1ccccc1. The average molecular weight is 317 g/mol. The van der Waals surface area contributed by atoms with Gasteiger partial charge in [-0.3, -0.25) is 9.59 Å². The van der Waals surface area contributed by atoms with Crippen LogP contribution in [0.2, 0.25) is 0 Å². The van der Waals surface area contributed by atoms with Crippen molar-refractivity contribution in [2.75, 3.05) is 13.1 Å². The zero-order valence-corrected chi connectivity index (χ0v) is 14.0. The summed E-state index contributed by atoms with van der Waals surface area (Å²) in [5.41, 5.74) is 6.65. The van der Waals surface area contributed by atoms with Crippen molar-refractivity contribution in [2.24, 2.45) is 5.73 Å². The van der Waals surface area contributed by atoms with Gasteiger partial charge in [0.15, 0.2) is 0 Å². The molecule has 5 nitrogen and oxygen atoms in total. The molecular formula is C18H27N3O2. The molecule has 0 bridgehead atoms. The maximum Gasteiger partial charge on any atom is 0.236 e. The second kappa shape index (κ2) is 8.11. The lowest BCUT2D eigenvalue weighted by Crippen LogP contribution is -2.50. The summed E-state index contributed by atoms with van der Waals surface area (Å²) in [7, 11) is 0. The molecule has 1 aliphatic heterocycles. The van der Waals surface area contributed by atoms with Crippen LogP contribution in [0.15, 0.2) is 30.3 Å². The molecule has 0 saturated carbocycles. The van der Waals surface area contributed by atoms with Gasteiger partial charge in [-0.25, -0.2) is 0 Å². The van der Waals surface area contributed by atoms with Crippen molar-refractivity contribution in [3.8, 4) is 0 Å². The van der Waals surface area contributed by atoms with Crippen LogP contribution in [0.25, 0.3) is 0 Å². The topological polar surface area (TPSA) is 75.4 Å². The fraction of sp³-hybridized carbons (Fsp3) is 0.556. The van der Waals surface area contributed by atoms with E-state index in [9.17, 15) is 9.59 Å². The van der Waals surface area contributed by atoms with Gasteiger partial charge in [-0.15, -0.1) is 0 Å². The third-order valence-electron chi connectivity index (χ3n) is 4.47. The Bertz CT molecular complexity index is 522. The van der Waals surface area contributed by atoms with Gasteiger partial charge in [0.1, 0.15) is 0 Å². The quantitative estimate of drug-likeness (QED) is 0.867. The Hall–Kier alpha value is -1.88. The van der Waals surface area contributed by atoms with Gasteiger partial charge in [0, 0.05) is 19.1 Å². The molecule has 1 aliphatic rings. The average Bonchev–Trinajstić information content (AvgIpc) is 2.57. The van der Waals surface area contributed by atoms with Crippen LogP contribution >= 0.6 is 0 Å². The summed E-state index contributed by atoms with van der Waals surface area (Å²) in [5, 5.41) is 2.95. The third kappa shape index (κ3) is 4.55. The van der Waals surface area contributed by atoms with E-state index in [0.717, 1.165) is 24.8 Å². The van der Waals surface area contributed by atoms with Crippen LogP contribution < -0.4 is 11.1 Å². The lowest BCUT2D eigenvalue weighted by atomic mass is 9.93. The number of hydrogen-bond acceptors (Lipinski definition) is 3. The van der Waals surface area contributed by atoms with Crippen molar-refractivity contribution in [3.05, 3.63) is 35.9 Å². The van der Waals surface area contributed by atoms with Crippen molar-refractivity contribution < 1.29 is 9.59 Å². The van der Waals surface area contributed by atoms with E-state index in [2.05, 4.69) is 5.32 Å². The number of carbonyl (C=O) groups excluding carboxylic acids is 2. The van der Waals surface area contributed by atoms with E-state index in [0.29, 0.717) is 13.1 Å². The van der Waals surface area contributed by atoms with Crippen LogP contribution in [0.1, 0.15) is 44.6 Å². The Morgan fingerprint density at radius 3 is 2.39 bits per heavy atom. The van der Waals surface area contributed by atoms with Crippen molar-refractivity contribution >= 4 is 11.8 Å². The monoisotopic (exact) mass is 317 g/mol. The summed E-state index contributed by atoms with van der Waals surface area (Å²) < 4.78 is 0. The highest BCUT2D eigenvalue weighted by Crippen LogP contribution is 2.24. The molecule has 1 fully saturated rings. The zero-order chi connectivity index (χ0) is 16.8. The maximum absolute atomic E-state index is 12.8. The minimum atomic E-state index is -0.489. The number of carbonyl (C=O) groups is 2. The van der Waals surface area contributed by atoms with Crippen LogP contribution in [0, 0.1) is 0 Å². The summed E-state index contributed by atoms with van der Waals surface area (Å²) in [5.74, 6) is -0.00688. The Morgan fingerprint density at radius 2 is 1.87 bits per heavy atom. The molecule has 0 spiro atoms. The standard InChI is InChI=1S/C18H27N3O2/c1-3-16(14-7-5-4-6-8-14)18(23)21-11-9-15(10-12-21)20-17(22)13(2)19/h4-8,13,15-16H,3,9-12,19H2,1-2H3,(H,20,22)/t13-,16?/m0/s1. The maximum atomic E-state index is 12.8. The molecule has 1 unspecified atom stereocenters. The molecule has 1 aromatic rings. The number of nitrogens with zero attached hydrogens (tertiary/aromatic N) is 1. The highest BCUT2D eigenvalue weighted by Gasteiger charge is 2.28. The molecule has 5 heteroatoms. The van der Waals surface area contributed by atoms with Crippen LogP contribution in [0.4, 0.5) is 0 Å². The van der Waals surface area contributed by atoms with Crippen LogP contribution in [-0.4, -0.2) is 41.9 Å². The van der Waals surface area contributed by atoms with Crippen molar-refractivity contribution in [1.29, 1.82) is 0 Å². The Balaban J connectivity index is 1.91. The normalized spacial score (nSPS) is 18.3. The number of benzene rings is 1. The van der Waals surface area contributed by atoms with E-state index in [-0.39, 0.29) is 23.8 Å². The molecule has 1 aromatic carbocycles. The van der Waals surface area contributed by atoms with E-state index < -0.39 is 6.04 Å². The smallest absolute Gasteiger partial charge is 0.236 e. The number of likely N-dealkylation sites (tertiary alicyclic amines) is 1. The van der Waals surface area contributed by atoms with Crippen LogP contribution in [0.5, 0.6) is 0 Å². The predicted molar refractivity (Wildman–Crippen MR) is 90.9 cm³/mol. The predicted octanol–water partition coefficient (Wildman–Crippen LogP) is 1.63. The molecule has 1 saturated heterocycles. The molecule has 0 aromatic heterocycles. The summed E-state index contributed by atoms with van der Waals surface area (Å²) in [6.45, 7) is 5.10. The van der Waals surface area contributed by atoms with E-state index in [1.165, 1.54) is 0 Å². The molecule has 1 heterocycles. The second-order valence-corrected chi connectivity index (χ2v) is 6.27. The molecule has 3 N–H and O–H groups in total. The third-order valence-corrected chi connectivity index (χ3v) is 4.47. The van der Waals surface area contributed by atoms with Crippen LogP contribution in [-0.2, 0) is 9.59 Å². The molecule has 23 heavy (non-hydrogen) atoms. The van der Waals surface area contributed by atoms with E-state index >= 15 is 0 Å². The van der Waals surface area contributed by atoms with Gasteiger partial charge in [0.05, 0.1) is 12.0 Å². The van der Waals surface area contributed by atoms with Crippen molar-refractivity contribution in [3.63, 3.8) is 0 Å². The van der Waals surface area contributed by atoms with Gasteiger partial charge >= 0.3 is 0 Å². The zero-order valence-electron chi connectivity index (χ0n) is 14.0. The number of amides is 2. The number of hydrogen-bond donors (Lipinski definition) is 2. The molecular weight excluding hydrogens is 290 g/mol. The minimum Gasteiger partial charge on any atom is -0.352 e. The first-order valence-electron chi connectivity index (χ1n) is 8.42. The lowest BCUT2D eigenvalue weighted by molar-refractivity contribution is -0.134. The summed E-state index contributed by atoms with van der Waals surface area (Å²) in [6, 6.07) is 9.57. The molecule has 0 radical (unpaired) electrons. The van der Waals surface area contributed by atoms with Gasteiger partial charge in [-0.2, -0.15) is 0 Å². The highest BCUT2D eigenvalue weighted by atomic mass is 16.2. The fourth-order valence-electron chi connectivity index (χ4n) is 3.04. The Labute approximate surface area is 138 Å². The number of rotatable bonds is 5. The van der Waals surface area contributed by atoms with E-state index in [1.807, 2.05) is 42.2 Å². The number of nitrogens with two attached hydrogens (primary N) is 1. The van der Waals surface area contributed by atoms with Gasteiger partial charge < -0.3 is 16.0 Å². The van der Waals surface area contributed by atoms with Gasteiger partial charge in [0.2, 0.25) is 11.8 Å². The highest BCUT2D eigenvalue weighted by molar-refractivity contribution is 5.84. The van der Waals surface area contributed by atoms with Crippen LogP contribution in [0.3, 0.4) is 0 Å². The minimum absolute atomic E-state index is 0.0774. The van der Waals surface area contributed by atoms with Gasteiger partial charge in [0.25, 0.3) is 0 Å². The fourth-order valence-corrected chi connectivity index (χ4v) is 3.04. The Kier molecular flexibility index (Phi) is 6.16. The van der Waals surface area contributed by atoms with E-state index in [1.54, 1.807) is 6.92 Å². The first kappa shape index (κ1) is 17.5. The summed E-state index contributed by atoms with van der Waals surface area (Å²) in [6.07, 6.45) is 2.37. The number of nitrogens with one attached hydrogen (secondary N) is 1. The van der Waals surface area contributed by atoms with Crippen molar-refractivity contribution in [2.45, 2.75) is 51.1 Å². The van der Waals surface area contributed by atoms with Gasteiger partial charge in [-0.1, -0.05) is 37.3 Å². The largest absolute Gasteiger partial charge is 0.352 e. The first-order valence-corrected chi connectivity index (χ1v) is 8.42. The Morgan fingerprint density at radius 1 is 1.26 bits per heavy atom. The molecule has 2 amide bonds. The van der Waals surface area contributed by atoms with E-state index in [4.69, 9.17) is 5.73 Å². The lowest BCUT2D eigenvalue weighted by Gasteiger charge is -2.34. The second-order valence-electron chi connectivity index (χ2n) is 6.27. The molecule has 126 valence electrons. The number of piperidine rings is 1. The first-order chi connectivity index (χ1) is 11.0. The molecule has 2 rings (SSSR count). The summed E-state index contributed by atoms with van der Waals surface area (Å²) >= 11 is 0. The summed E-state index contributed by atoms with van der Waals surface area (Å²) in [4.78, 5) is 26.4. The van der Waals surface area contributed by atoms with Gasteiger partial charge in [-0.05, 0) is 31.7 Å².